The van der Waals surface area contributed by atoms with Crippen LogP contribution in [0.25, 0.3) is 0 Å². The number of amides is 1. The molecule has 2 aromatic carbocycles. The van der Waals surface area contributed by atoms with Gasteiger partial charge in [-0.2, -0.15) is 0 Å². The van der Waals surface area contributed by atoms with Crippen LogP contribution in [0.1, 0.15) is 31.8 Å². The highest BCUT2D eigenvalue weighted by molar-refractivity contribution is 6.28. The number of benzene rings is 2. The summed E-state index contributed by atoms with van der Waals surface area (Å²) >= 11 is 0. The Balaban J connectivity index is 1.51. The van der Waals surface area contributed by atoms with Crippen molar-refractivity contribution in [2.75, 3.05) is 31.6 Å². The molecule has 0 unspecified atom stereocenters. The van der Waals surface area contributed by atoms with E-state index in [1.807, 2.05) is 9.80 Å². The van der Waals surface area contributed by atoms with Crippen molar-refractivity contribution in [2.45, 2.75) is 0 Å². The van der Waals surface area contributed by atoms with Crippen molar-refractivity contribution in [2.24, 2.45) is 0 Å². The lowest BCUT2D eigenvalue weighted by Gasteiger charge is -2.19. The number of nitrogens with zero attached hydrogens (tertiary/aromatic N) is 2. The highest BCUT2D eigenvalue weighted by atomic mass is 16.2. The van der Waals surface area contributed by atoms with Crippen LogP contribution in [0.5, 0.6) is 0 Å². The van der Waals surface area contributed by atoms with E-state index in [1.165, 1.54) is 0 Å². The van der Waals surface area contributed by atoms with Crippen molar-refractivity contribution < 1.29 is 14.4 Å². The molecule has 1 aliphatic heterocycles. The summed E-state index contributed by atoms with van der Waals surface area (Å²) in [4.78, 5) is 41.7. The Morgan fingerprint density at radius 2 is 1.67 bits per heavy atom. The van der Waals surface area contributed by atoms with Crippen LogP contribution >= 0.6 is 0 Å². The van der Waals surface area contributed by atoms with Gasteiger partial charge in [-0.15, -0.1) is 0 Å². The van der Waals surface area contributed by atoms with Gasteiger partial charge in [-0.3, -0.25) is 19.3 Å². The van der Waals surface area contributed by atoms with Gasteiger partial charge in [0.05, 0.1) is 13.2 Å². The molecule has 0 aromatic heterocycles. The van der Waals surface area contributed by atoms with Crippen molar-refractivity contribution in [3.05, 3.63) is 77.5 Å². The van der Waals surface area contributed by atoms with Gasteiger partial charge in [-0.25, -0.2) is 0 Å². The molecule has 2 aliphatic rings. The van der Waals surface area contributed by atoms with Crippen molar-refractivity contribution in [3.8, 4) is 0 Å². The van der Waals surface area contributed by atoms with E-state index < -0.39 is 0 Å². The Morgan fingerprint density at radius 1 is 1.00 bits per heavy atom. The summed E-state index contributed by atoms with van der Waals surface area (Å²) in [7, 11) is 0. The zero-order chi connectivity index (χ0) is 19.0. The molecule has 6 heteroatoms. The van der Waals surface area contributed by atoms with Crippen LogP contribution in [-0.2, 0) is 4.79 Å². The van der Waals surface area contributed by atoms with Crippen molar-refractivity contribution in [1.29, 1.82) is 0 Å². The number of anilines is 1. The van der Waals surface area contributed by atoms with E-state index in [0.717, 1.165) is 13.1 Å². The summed E-state index contributed by atoms with van der Waals surface area (Å²) in [6, 6.07) is 11.7. The van der Waals surface area contributed by atoms with Crippen molar-refractivity contribution in [3.63, 3.8) is 0 Å². The second kappa shape index (κ2) is 6.81. The van der Waals surface area contributed by atoms with Crippen LogP contribution in [0.3, 0.4) is 0 Å². The molecule has 1 heterocycles. The lowest BCUT2D eigenvalue weighted by atomic mass is 9.84. The highest BCUT2D eigenvalue weighted by Crippen LogP contribution is 2.29. The monoisotopic (exact) mass is 361 g/mol. The topological polar surface area (TPSA) is 69.7 Å². The van der Waals surface area contributed by atoms with Crippen LogP contribution in [0.15, 0.2) is 55.2 Å². The first-order chi connectivity index (χ1) is 13.1. The van der Waals surface area contributed by atoms with E-state index >= 15 is 0 Å². The van der Waals surface area contributed by atoms with Gasteiger partial charge in [0.2, 0.25) is 5.91 Å². The Hall–Kier alpha value is -3.25. The molecule has 6 nitrogen and oxygen atoms in total. The van der Waals surface area contributed by atoms with Gasteiger partial charge < -0.3 is 10.2 Å². The maximum Gasteiger partial charge on any atom is 0.238 e. The van der Waals surface area contributed by atoms with E-state index in [9.17, 15) is 14.4 Å². The number of rotatable bonds is 4. The number of carbonyl (C=O) groups is 3. The van der Waals surface area contributed by atoms with Gasteiger partial charge >= 0.3 is 0 Å². The average molecular weight is 361 g/mol. The molecule has 136 valence electrons. The normalized spacial score (nSPS) is 16.1. The first-order valence-corrected chi connectivity index (χ1v) is 8.78. The Labute approximate surface area is 157 Å². The Morgan fingerprint density at radius 3 is 2.33 bits per heavy atom. The summed E-state index contributed by atoms with van der Waals surface area (Å²) in [5.41, 5.74) is 2.04. The first-order valence-electron chi connectivity index (χ1n) is 8.78. The second-order valence-corrected chi connectivity index (χ2v) is 6.70. The number of nitrogens with one attached hydrogen (secondary N) is 1. The van der Waals surface area contributed by atoms with Gasteiger partial charge in [0.25, 0.3) is 0 Å². The molecular weight excluding hydrogens is 342 g/mol. The van der Waals surface area contributed by atoms with E-state index in [0.29, 0.717) is 34.6 Å². The molecule has 1 fully saturated rings. The summed E-state index contributed by atoms with van der Waals surface area (Å²) in [5.74, 6) is -0.520. The molecule has 1 N–H and O–H groups in total. The largest absolute Gasteiger partial charge is 0.364 e. The fraction of sp³-hybridized carbons (Fsp3) is 0.190. The SMILES string of the molecule is C=CN1CCN(CC(=O)Nc2ccc3c(c2)C(=O)c2ccccc2C3=O)C1. The molecule has 27 heavy (non-hydrogen) atoms. The molecule has 0 radical (unpaired) electrons. The third-order valence-electron chi connectivity index (χ3n) is 4.92. The van der Waals surface area contributed by atoms with E-state index in [-0.39, 0.29) is 24.0 Å². The maximum absolute atomic E-state index is 12.8. The van der Waals surface area contributed by atoms with Crippen molar-refractivity contribution in [1.82, 2.24) is 9.80 Å². The number of hydrogen-bond acceptors (Lipinski definition) is 5. The fourth-order valence-electron chi connectivity index (χ4n) is 3.53. The van der Waals surface area contributed by atoms with Crippen LogP contribution in [0.4, 0.5) is 5.69 Å². The summed E-state index contributed by atoms with van der Waals surface area (Å²) in [6.45, 7) is 6.32. The van der Waals surface area contributed by atoms with E-state index in [1.54, 1.807) is 48.7 Å². The molecule has 0 saturated carbocycles. The summed E-state index contributed by atoms with van der Waals surface area (Å²) in [6.07, 6.45) is 1.77. The van der Waals surface area contributed by atoms with E-state index in [4.69, 9.17) is 0 Å². The highest BCUT2D eigenvalue weighted by Gasteiger charge is 2.29. The molecule has 0 bridgehead atoms. The fourth-order valence-corrected chi connectivity index (χ4v) is 3.53. The molecular formula is C21H19N3O3. The van der Waals surface area contributed by atoms with Gasteiger partial charge in [0.15, 0.2) is 11.6 Å². The predicted molar refractivity (Wildman–Crippen MR) is 102 cm³/mol. The first kappa shape index (κ1) is 17.2. The molecule has 2 aromatic rings. The number of carbonyl (C=O) groups excluding carboxylic acids is 3. The van der Waals surface area contributed by atoms with Gasteiger partial charge in [-0.1, -0.05) is 30.8 Å². The molecule has 4 rings (SSSR count). The molecule has 1 aliphatic carbocycles. The second-order valence-electron chi connectivity index (χ2n) is 6.70. The minimum atomic E-state index is -0.197. The Bertz CT molecular complexity index is 967. The van der Waals surface area contributed by atoms with Gasteiger partial charge in [-0.05, 0) is 24.4 Å². The van der Waals surface area contributed by atoms with E-state index in [2.05, 4.69) is 11.9 Å². The van der Waals surface area contributed by atoms with Crippen LogP contribution in [-0.4, -0.2) is 53.6 Å². The zero-order valence-electron chi connectivity index (χ0n) is 14.8. The minimum Gasteiger partial charge on any atom is -0.364 e. The number of ketones is 2. The Kier molecular flexibility index (Phi) is 4.33. The van der Waals surface area contributed by atoms with Crippen LogP contribution < -0.4 is 5.32 Å². The van der Waals surface area contributed by atoms with Gasteiger partial charge in [0.1, 0.15) is 0 Å². The molecule has 0 spiro atoms. The zero-order valence-corrected chi connectivity index (χ0v) is 14.8. The quantitative estimate of drug-likeness (QED) is 0.771. The standard InChI is InChI=1S/C21H19N3O3/c1-2-23-9-10-24(13-23)12-19(25)22-14-7-8-17-18(11-14)21(27)16-6-4-3-5-15(16)20(17)26/h2-8,11H,1,9-10,12-13H2,(H,22,25). The molecule has 0 atom stereocenters. The smallest absolute Gasteiger partial charge is 0.238 e. The minimum absolute atomic E-state index is 0.157. The molecule has 1 amide bonds. The third kappa shape index (κ3) is 3.15. The molecule has 1 saturated heterocycles. The predicted octanol–water partition coefficient (Wildman–Crippen LogP) is 2.12. The summed E-state index contributed by atoms with van der Waals surface area (Å²) < 4.78 is 0. The lowest BCUT2D eigenvalue weighted by molar-refractivity contribution is -0.117. The lowest BCUT2D eigenvalue weighted by Crippen LogP contribution is -2.32. The maximum atomic E-state index is 12.8. The summed E-state index contributed by atoms with van der Waals surface area (Å²) in [5, 5.41) is 2.82. The number of fused-ring (bicyclic) bond motifs is 2. The van der Waals surface area contributed by atoms with Crippen molar-refractivity contribution >= 4 is 23.2 Å². The van der Waals surface area contributed by atoms with Crippen LogP contribution in [0, 0.1) is 0 Å². The average Bonchev–Trinajstić information content (AvgIpc) is 3.13. The number of hydrogen-bond donors (Lipinski definition) is 1. The van der Waals surface area contributed by atoms with Crippen LogP contribution in [0.2, 0.25) is 0 Å². The third-order valence-corrected chi connectivity index (χ3v) is 4.92. The van der Waals surface area contributed by atoms with Gasteiger partial charge in [0, 0.05) is 41.0 Å².